The van der Waals surface area contributed by atoms with Gasteiger partial charge in [0.15, 0.2) is 11.6 Å². The van der Waals surface area contributed by atoms with Crippen LogP contribution in [0.1, 0.15) is 6.42 Å². The van der Waals surface area contributed by atoms with Crippen LogP contribution in [0.15, 0.2) is 18.2 Å². The molecular weight excluding hydrogens is 266 g/mol. The Morgan fingerprint density at radius 3 is 2.63 bits per heavy atom. The number of hydrogen-bond acceptors (Lipinski definition) is 3. The lowest BCUT2D eigenvalue weighted by Crippen LogP contribution is -2.18. The number of halogens is 4. The normalized spacial score (nSPS) is 11.4. The lowest BCUT2D eigenvalue weighted by atomic mass is 10.3. The van der Waals surface area contributed by atoms with Gasteiger partial charge in [-0.15, -0.1) is 0 Å². The van der Waals surface area contributed by atoms with Crippen molar-refractivity contribution in [3.8, 4) is 5.75 Å². The first-order chi connectivity index (χ1) is 8.92. The second-order valence-corrected chi connectivity index (χ2v) is 3.80. The molecule has 0 atom stereocenters. The highest BCUT2D eigenvalue weighted by Crippen LogP contribution is 2.21. The molecule has 0 aliphatic carbocycles. The van der Waals surface area contributed by atoms with Crippen molar-refractivity contribution in [2.75, 3.05) is 32.2 Å². The summed E-state index contributed by atoms with van der Waals surface area (Å²) in [6, 6.07) is 4.25. The van der Waals surface area contributed by atoms with Crippen molar-refractivity contribution >= 4 is 5.69 Å². The number of nitrogens with one attached hydrogen (secondary N) is 1. The van der Waals surface area contributed by atoms with Crippen molar-refractivity contribution in [1.82, 2.24) is 0 Å². The quantitative estimate of drug-likeness (QED) is 0.615. The molecule has 108 valence electrons. The van der Waals surface area contributed by atoms with Gasteiger partial charge in [0.1, 0.15) is 6.61 Å². The molecule has 3 nitrogen and oxygen atoms in total. The van der Waals surface area contributed by atoms with Crippen LogP contribution in [0.25, 0.3) is 0 Å². The summed E-state index contributed by atoms with van der Waals surface area (Å²) in [5.74, 6) is -0.361. The Hall–Kier alpha value is -1.50. The van der Waals surface area contributed by atoms with Gasteiger partial charge in [0.05, 0.1) is 7.11 Å². The van der Waals surface area contributed by atoms with Gasteiger partial charge in [-0.05, 0) is 18.6 Å². The van der Waals surface area contributed by atoms with E-state index in [1.807, 2.05) is 0 Å². The largest absolute Gasteiger partial charge is 0.494 e. The molecule has 0 unspecified atom stereocenters. The molecule has 0 spiro atoms. The second kappa shape index (κ2) is 7.18. The van der Waals surface area contributed by atoms with Crippen molar-refractivity contribution in [3.05, 3.63) is 24.0 Å². The van der Waals surface area contributed by atoms with Crippen LogP contribution in [-0.4, -0.2) is 33.0 Å². The van der Waals surface area contributed by atoms with Gasteiger partial charge in [0, 0.05) is 24.9 Å². The molecule has 1 N–H and O–H groups in total. The van der Waals surface area contributed by atoms with E-state index >= 15 is 0 Å². The molecule has 0 fully saturated rings. The highest BCUT2D eigenvalue weighted by molar-refractivity contribution is 5.48. The van der Waals surface area contributed by atoms with Gasteiger partial charge in [0.25, 0.3) is 0 Å². The maximum atomic E-state index is 13.1. The molecule has 1 aromatic rings. The average Bonchev–Trinajstić information content (AvgIpc) is 2.34. The van der Waals surface area contributed by atoms with Crippen molar-refractivity contribution in [2.24, 2.45) is 0 Å². The summed E-state index contributed by atoms with van der Waals surface area (Å²) < 4.78 is 57.6. The van der Waals surface area contributed by atoms with E-state index in [1.54, 1.807) is 0 Å². The van der Waals surface area contributed by atoms with E-state index in [-0.39, 0.29) is 12.4 Å². The molecular formula is C12H15F4NO2. The summed E-state index contributed by atoms with van der Waals surface area (Å²) in [4.78, 5) is 0. The van der Waals surface area contributed by atoms with Gasteiger partial charge in [-0.2, -0.15) is 13.2 Å². The van der Waals surface area contributed by atoms with Crippen molar-refractivity contribution < 1.29 is 27.0 Å². The number of rotatable bonds is 7. The first-order valence-electron chi connectivity index (χ1n) is 5.64. The molecule has 0 bridgehead atoms. The third-order valence-electron chi connectivity index (χ3n) is 2.21. The summed E-state index contributed by atoms with van der Waals surface area (Å²) in [7, 11) is 1.35. The molecule has 7 heteroatoms. The van der Waals surface area contributed by atoms with E-state index in [2.05, 4.69) is 10.1 Å². The molecule has 0 heterocycles. The fourth-order valence-corrected chi connectivity index (χ4v) is 1.36. The van der Waals surface area contributed by atoms with E-state index in [9.17, 15) is 17.6 Å². The summed E-state index contributed by atoms with van der Waals surface area (Å²) in [6.07, 6.45) is -3.88. The molecule has 0 saturated heterocycles. The lowest BCUT2D eigenvalue weighted by molar-refractivity contribution is -0.173. The Labute approximate surface area is 108 Å². The molecule has 0 aliphatic heterocycles. The van der Waals surface area contributed by atoms with Crippen LogP contribution in [0.5, 0.6) is 5.75 Å². The Morgan fingerprint density at radius 1 is 1.26 bits per heavy atom. The first-order valence-corrected chi connectivity index (χ1v) is 5.64. The SMILES string of the molecule is COc1cc(NCCCOCC(F)(F)F)ccc1F. The zero-order valence-electron chi connectivity index (χ0n) is 10.4. The van der Waals surface area contributed by atoms with Crippen molar-refractivity contribution in [3.63, 3.8) is 0 Å². The Bertz CT molecular complexity index is 396. The van der Waals surface area contributed by atoms with Crippen LogP contribution in [0, 0.1) is 5.82 Å². The number of anilines is 1. The Balaban J connectivity index is 2.23. The van der Waals surface area contributed by atoms with Gasteiger partial charge in [0.2, 0.25) is 0 Å². The fraction of sp³-hybridized carbons (Fsp3) is 0.500. The minimum absolute atomic E-state index is 0.00480. The maximum Gasteiger partial charge on any atom is 0.411 e. The minimum atomic E-state index is -4.29. The highest BCUT2D eigenvalue weighted by atomic mass is 19.4. The second-order valence-electron chi connectivity index (χ2n) is 3.80. The van der Waals surface area contributed by atoms with Crippen LogP contribution >= 0.6 is 0 Å². The van der Waals surface area contributed by atoms with Gasteiger partial charge < -0.3 is 14.8 Å². The van der Waals surface area contributed by atoms with Crippen LogP contribution in [-0.2, 0) is 4.74 Å². The molecule has 1 aromatic carbocycles. The summed E-state index contributed by atoms with van der Waals surface area (Å²) in [6.45, 7) is -0.811. The predicted octanol–water partition coefficient (Wildman–Crippen LogP) is 3.22. The van der Waals surface area contributed by atoms with Crippen LogP contribution < -0.4 is 10.1 Å². The zero-order chi connectivity index (χ0) is 14.3. The fourth-order valence-electron chi connectivity index (χ4n) is 1.36. The standard InChI is InChI=1S/C12H15F4NO2/c1-18-11-7-9(3-4-10(11)13)17-5-2-6-19-8-12(14,15)16/h3-4,7,17H,2,5-6,8H2,1H3. The predicted molar refractivity (Wildman–Crippen MR) is 62.9 cm³/mol. The van der Waals surface area contributed by atoms with Gasteiger partial charge >= 0.3 is 6.18 Å². The number of alkyl halides is 3. The molecule has 0 radical (unpaired) electrons. The zero-order valence-corrected chi connectivity index (χ0v) is 10.4. The highest BCUT2D eigenvalue weighted by Gasteiger charge is 2.27. The van der Waals surface area contributed by atoms with E-state index in [4.69, 9.17) is 4.74 Å². The topological polar surface area (TPSA) is 30.5 Å². The number of ether oxygens (including phenoxy) is 2. The molecule has 19 heavy (non-hydrogen) atoms. The molecule has 0 saturated carbocycles. The van der Waals surface area contributed by atoms with Crippen molar-refractivity contribution in [1.29, 1.82) is 0 Å². The van der Waals surface area contributed by atoms with Gasteiger partial charge in [-0.25, -0.2) is 4.39 Å². The first kappa shape index (κ1) is 15.6. The van der Waals surface area contributed by atoms with E-state index in [0.29, 0.717) is 18.7 Å². The lowest BCUT2D eigenvalue weighted by Gasteiger charge is -2.10. The molecule has 0 aromatic heterocycles. The maximum absolute atomic E-state index is 13.1. The third kappa shape index (κ3) is 6.28. The van der Waals surface area contributed by atoms with Gasteiger partial charge in [-0.1, -0.05) is 0 Å². The number of benzene rings is 1. The molecule has 0 amide bonds. The van der Waals surface area contributed by atoms with E-state index < -0.39 is 18.6 Å². The number of methoxy groups -OCH3 is 1. The van der Waals surface area contributed by atoms with Crippen molar-refractivity contribution in [2.45, 2.75) is 12.6 Å². The molecule has 0 aliphatic rings. The van der Waals surface area contributed by atoms with Crippen LogP contribution in [0.3, 0.4) is 0 Å². The summed E-state index contributed by atoms with van der Waals surface area (Å²) in [5, 5.41) is 2.94. The summed E-state index contributed by atoms with van der Waals surface area (Å²) in [5.41, 5.74) is 0.633. The Morgan fingerprint density at radius 2 is 2.00 bits per heavy atom. The van der Waals surface area contributed by atoms with Gasteiger partial charge in [-0.3, -0.25) is 0 Å². The van der Waals surface area contributed by atoms with E-state index in [0.717, 1.165) is 0 Å². The molecule has 1 rings (SSSR count). The third-order valence-corrected chi connectivity index (χ3v) is 2.21. The van der Waals surface area contributed by atoms with Crippen LogP contribution in [0.4, 0.5) is 23.2 Å². The van der Waals surface area contributed by atoms with E-state index in [1.165, 1.54) is 25.3 Å². The number of hydrogen-bond donors (Lipinski definition) is 1. The Kier molecular flexibility index (Phi) is 5.88. The minimum Gasteiger partial charge on any atom is -0.494 e. The average molecular weight is 281 g/mol. The monoisotopic (exact) mass is 281 g/mol. The summed E-state index contributed by atoms with van der Waals surface area (Å²) >= 11 is 0. The smallest absolute Gasteiger partial charge is 0.411 e. The van der Waals surface area contributed by atoms with Crippen LogP contribution in [0.2, 0.25) is 0 Å².